The number of aliphatic hydroxyl groups is 1. The van der Waals surface area contributed by atoms with Gasteiger partial charge in [0.15, 0.2) is 0 Å². The van der Waals surface area contributed by atoms with E-state index in [0.29, 0.717) is 39.8 Å². The van der Waals surface area contributed by atoms with E-state index < -0.39 is 35.0 Å². The summed E-state index contributed by atoms with van der Waals surface area (Å²) in [6.45, 7) is 1.91. The predicted molar refractivity (Wildman–Crippen MR) is 132 cm³/mol. The summed E-state index contributed by atoms with van der Waals surface area (Å²) >= 11 is 0. The minimum Gasteiger partial charge on any atom is -0.493 e. The standard InChI is InChI=1S/C29H23N3O5/c1-28-23(33)14-29(37-28,12-13-36-19-9-6-17(15-30)7-10-19)25-24(28)26(34)32(27(25)35)22-11-8-18(16-31)20-4-2-3-5-21(20)22/h2-11,23-25,33H,12-14H2,1H3/t23-,24-,25+,28?,29?/m1/s1. The molecule has 3 saturated heterocycles. The molecule has 8 nitrogen and oxygen atoms in total. The van der Waals surface area contributed by atoms with Crippen molar-refractivity contribution in [3.8, 4) is 17.9 Å². The number of imide groups is 1. The van der Waals surface area contributed by atoms with Crippen LogP contribution in [-0.4, -0.2) is 40.8 Å². The molecule has 184 valence electrons. The quantitative estimate of drug-likeness (QED) is 0.540. The second-order valence-corrected chi connectivity index (χ2v) is 10.1. The molecule has 8 heteroatoms. The number of amides is 2. The highest BCUT2D eigenvalue weighted by Crippen LogP contribution is 2.62. The van der Waals surface area contributed by atoms with Gasteiger partial charge in [-0.3, -0.25) is 9.59 Å². The van der Waals surface area contributed by atoms with Gasteiger partial charge < -0.3 is 14.6 Å². The molecule has 3 aliphatic heterocycles. The Morgan fingerprint density at radius 2 is 1.70 bits per heavy atom. The van der Waals surface area contributed by atoms with E-state index >= 15 is 0 Å². The van der Waals surface area contributed by atoms with Crippen molar-refractivity contribution in [3.05, 3.63) is 71.8 Å². The van der Waals surface area contributed by atoms with E-state index in [-0.39, 0.29) is 18.9 Å². The monoisotopic (exact) mass is 493 g/mol. The van der Waals surface area contributed by atoms with Gasteiger partial charge in [-0.2, -0.15) is 10.5 Å². The van der Waals surface area contributed by atoms with Gasteiger partial charge in [0, 0.05) is 23.6 Å². The topological polar surface area (TPSA) is 124 Å². The Morgan fingerprint density at radius 3 is 2.41 bits per heavy atom. The van der Waals surface area contributed by atoms with Crippen LogP contribution in [0, 0.1) is 34.5 Å². The SMILES string of the molecule is CC12OC(CCOc3ccc(C#N)cc3)(C[C@H]1O)[C@@H]1C(=O)N(c3ccc(C#N)c4ccccc34)C(=O)[C@@H]12. The summed E-state index contributed by atoms with van der Waals surface area (Å²) < 4.78 is 12.2. The van der Waals surface area contributed by atoms with Crippen molar-refractivity contribution < 1.29 is 24.2 Å². The van der Waals surface area contributed by atoms with Crippen LogP contribution in [0.25, 0.3) is 10.8 Å². The van der Waals surface area contributed by atoms with Crippen LogP contribution in [0.4, 0.5) is 5.69 Å². The van der Waals surface area contributed by atoms with Crippen LogP contribution in [-0.2, 0) is 14.3 Å². The normalized spacial score (nSPS) is 29.8. The van der Waals surface area contributed by atoms with Crippen LogP contribution in [0.15, 0.2) is 60.7 Å². The molecule has 2 bridgehead atoms. The van der Waals surface area contributed by atoms with Gasteiger partial charge >= 0.3 is 0 Å². The average Bonchev–Trinajstić information content (AvgIpc) is 3.44. The van der Waals surface area contributed by atoms with Crippen LogP contribution in [0.5, 0.6) is 5.75 Å². The number of carbonyl (C=O) groups excluding carboxylic acids is 2. The highest BCUT2D eigenvalue weighted by Gasteiger charge is 2.77. The highest BCUT2D eigenvalue weighted by molar-refractivity contribution is 6.26. The van der Waals surface area contributed by atoms with E-state index in [1.54, 1.807) is 61.5 Å². The van der Waals surface area contributed by atoms with Gasteiger partial charge in [-0.1, -0.05) is 24.3 Å². The number of benzene rings is 3. The molecular formula is C29H23N3O5. The van der Waals surface area contributed by atoms with E-state index in [1.807, 2.05) is 6.07 Å². The molecule has 3 fully saturated rings. The van der Waals surface area contributed by atoms with Gasteiger partial charge in [0.05, 0.1) is 59.1 Å². The van der Waals surface area contributed by atoms with Crippen LogP contribution < -0.4 is 9.64 Å². The summed E-state index contributed by atoms with van der Waals surface area (Å²) in [5.74, 6) is -1.77. The maximum Gasteiger partial charge on any atom is 0.240 e. The van der Waals surface area contributed by atoms with Gasteiger partial charge in [-0.25, -0.2) is 4.90 Å². The summed E-state index contributed by atoms with van der Waals surface area (Å²) in [6, 6.07) is 21.4. The molecule has 0 spiro atoms. The zero-order valence-corrected chi connectivity index (χ0v) is 20.0. The average molecular weight is 494 g/mol. The summed E-state index contributed by atoms with van der Waals surface area (Å²) in [5.41, 5.74) is -0.826. The van der Waals surface area contributed by atoms with Crippen LogP contribution in [0.3, 0.4) is 0 Å². The van der Waals surface area contributed by atoms with Crippen molar-refractivity contribution in [1.29, 1.82) is 10.5 Å². The van der Waals surface area contributed by atoms with Crippen molar-refractivity contribution in [2.45, 2.75) is 37.1 Å². The van der Waals surface area contributed by atoms with Gasteiger partial charge in [-0.15, -0.1) is 0 Å². The fourth-order valence-corrected chi connectivity index (χ4v) is 6.40. The second kappa shape index (κ2) is 8.14. The first kappa shape index (κ1) is 23.2. The zero-order valence-electron chi connectivity index (χ0n) is 20.0. The van der Waals surface area contributed by atoms with E-state index in [4.69, 9.17) is 14.7 Å². The maximum absolute atomic E-state index is 14.0. The van der Waals surface area contributed by atoms with E-state index in [2.05, 4.69) is 12.1 Å². The van der Waals surface area contributed by atoms with Gasteiger partial charge in [0.2, 0.25) is 11.8 Å². The number of nitriles is 2. The molecule has 2 unspecified atom stereocenters. The Bertz CT molecular complexity index is 1540. The van der Waals surface area contributed by atoms with Crippen molar-refractivity contribution >= 4 is 28.3 Å². The number of anilines is 1. The van der Waals surface area contributed by atoms with Crippen LogP contribution in [0.2, 0.25) is 0 Å². The predicted octanol–water partition coefficient (Wildman–Crippen LogP) is 3.45. The first-order chi connectivity index (χ1) is 17.8. The lowest BCUT2D eigenvalue weighted by Gasteiger charge is -2.33. The fraction of sp³-hybridized carbons (Fsp3) is 0.310. The molecule has 3 aliphatic rings. The fourth-order valence-electron chi connectivity index (χ4n) is 6.40. The molecule has 3 aromatic rings. The lowest BCUT2D eigenvalue weighted by Crippen LogP contribution is -2.49. The molecule has 0 aliphatic carbocycles. The molecule has 5 atom stereocenters. The number of hydrogen-bond donors (Lipinski definition) is 1. The lowest BCUT2D eigenvalue weighted by atomic mass is 9.66. The third-order valence-electron chi connectivity index (χ3n) is 8.15. The number of ether oxygens (including phenoxy) is 2. The van der Waals surface area contributed by atoms with Crippen molar-refractivity contribution in [2.24, 2.45) is 11.8 Å². The number of aliphatic hydroxyl groups excluding tert-OH is 1. The number of carbonyl (C=O) groups is 2. The number of fused-ring (bicyclic) bond motifs is 6. The Morgan fingerprint density at radius 1 is 1.00 bits per heavy atom. The maximum atomic E-state index is 14.0. The zero-order chi connectivity index (χ0) is 25.9. The molecule has 37 heavy (non-hydrogen) atoms. The molecule has 6 rings (SSSR count). The van der Waals surface area contributed by atoms with Gasteiger partial charge in [0.1, 0.15) is 11.4 Å². The summed E-state index contributed by atoms with van der Waals surface area (Å²) in [4.78, 5) is 29.0. The molecule has 3 heterocycles. The first-order valence-corrected chi connectivity index (χ1v) is 12.1. The van der Waals surface area contributed by atoms with Crippen molar-refractivity contribution in [3.63, 3.8) is 0 Å². The number of hydrogen-bond acceptors (Lipinski definition) is 7. The second-order valence-electron chi connectivity index (χ2n) is 10.1. The summed E-state index contributed by atoms with van der Waals surface area (Å²) in [7, 11) is 0. The van der Waals surface area contributed by atoms with Gasteiger partial charge in [-0.05, 0) is 43.3 Å². The molecular weight excluding hydrogens is 470 g/mol. The molecule has 0 radical (unpaired) electrons. The Balaban J connectivity index is 1.34. The molecule has 0 saturated carbocycles. The Kier molecular flexibility index (Phi) is 5.10. The molecule has 3 aromatic carbocycles. The Labute approximate surface area is 213 Å². The largest absolute Gasteiger partial charge is 0.493 e. The van der Waals surface area contributed by atoms with Gasteiger partial charge in [0.25, 0.3) is 0 Å². The van der Waals surface area contributed by atoms with E-state index in [9.17, 15) is 20.0 Å². The van der Waals surface area contributed by atoms with Crippen molar-refractivity contribution in [2.75, 3.05) is 11.5 Å². The first-order valence-electron chi connectivity index (χ1n) is 12.1. The van der Waals surface area contributed by atoms with E-state index in [0.717, 1.165) is 0 Å². The third-order valence-corrected chi connectivity index (χ3v) is 8.15. The summed E-state index contributed by atoms with van der Waals surface area (Å²) in [5, 5.41) is 30.8. The molecule has 1 N–H and O–H groups in total. The number of rotatable bonds is 5. The van der Waals surface area contributed by atoms with Crippen molar-refractivity contribution in [1.82, 2.24) is 0 Å². The summed E-state index contributed by atoms with van der Waals surface area (Å²) in [6.07, 6.45) is -0.373. The van der Waals surface area contributed by atoms with Crippen LogP contribution in [0.1, 0.15) is 30.9 Å². The third kappa shape index (κ3) is 3.20. The highest BCUT2D eigenvalue weighted by atomic mass is 16.6. The molecule has 2 amide bonds. The number of nitrogens with zero attached hydrogens (tertiary/aromatic N) is 3. The van der Waals surface area contributed by atoms with E-state index in [1.165, 1.54) is 4.90 Å². The minimum absolute atomic E-state index is 0.208. The minimum atomic E-state index is -1.19. The smallest absolute Gasteiger partial charge is 0.240 e. The molecule has 0 aromatic heterocycles. The Hall–Kier alpha value is -4.24. The van der Waals surface area contributed by atoms with Crippen LogP contribution >= 0.6 is 0 Å². The lowest BCUT2D eigenvalue weighted by molar-refractivity contribution is -0.134.